The minimum atomic E-state index is -4.25. The Balaban J connectivity index is 2.35. The van der Waals surface area contributed by atoms with Crippen molar-refractivity contribution in [3.8, 4) is 0 Å². The molecule has 2 nitrogen and oxygen atoms in total. The van der Waals surface area contributed by atoms with E-state index in [1.54, 1.807) is 0 Å². The lowest BCUT2D eigenvalue weighted by atomic mass is 9.80. The second-order valence-corrected chi connectivity index (χ2v) is 5.20. The lowest BCUT2D eigenvalue weighted by Crippen LogP contribution is -2.36. The van der Waals surface area contributed by atoms with Crippen molar-refractivity contribution < 1.29 is 17.9 Å². The number of alkyl halides is 3. The summed E-state index contributed by atoms with van der Waals surface area (Å²) in [5.74, 6) is -0.365. The van der Waals surface area contributed by atoms with Crippen LogP contribution < -0.4 is 5.73 Å². The van der Waals surface area contributed by atoms with Gasteiger partial charge in [0.1, 0.15) is 0 Å². The van der Waals surface area contributed by atoms with Gasteiger partial charge in [-0.15, -0.1) is 0 Å². The molecule has 0 aromatic rings. The standard InChI is InChI=1S/C12H22F3NO/c1-8-3-4-11(5-9(8)2)17-7-10(6-16)12(13,14)15/h8-11H,3-7,16H2,1-2H3. The molecule has 5 heteroatoms. The normalized spacial score (nSPS) is 32.5. The molecule has 0 amide bonds. The summed E-state index contributed by atoms with van der Waals surface area (Å²) in [7, 11) is 0. The van der Waals surface area contributed by atoms with Crippen LogP contribution in [0, 0.1) is 17.8 Å². The first-order valence-corrected chi connectivity index (χ1v) is 6.23. The summed E-state index contributed by atoms with van der Waals surface area (Å²) in [5.41, 5.74) is 5.12. The van der Waals surface area contributed by atoms with Crippen LogP contribution in [0.3, 0.4) is 0 Å². The fourth-order valence-electron chi connectivity index (χ4n) is 2.20. The number of rotatable bonds is 4. The van der Waals surface area contributed by atoms with E-state index in [1.807, 2.05) is 0 Å². The Bertz CT molecular complexity index is 232. The number of halogens is 3. The van der Waals surface area contributed by atoms with Gasteiger partial charge in [-0.1, -0.05) is 13.8 Å². The minimum absolute atomic E-state index is 0.0300. The zero-order valence-electron chi connectivity index (χ0n) is 10.5. The van der Waals surface area contributed by atoms with Crippen LogP contribution in [-0.2, 0) is 4.74 Å². The van der Waals surface area contributed by atoms with Gasteiger partial charge in [-0.3, -0.25) is 0 Å². The second-order valence-electron chi connectivity index (χ2n) is 5.20. The van der Waals surface area contributed by atoms with E-state index in [1.165, 1.54) is 0 Å². The van der Waals surface area contributed by atoms with Crippen LogP contribution in [0.1, 0.15) is 33.1 Å². The molecule has 1 fully saturated rings. The van der Waals surface area contributed by atoms with Crippen LogP contribution in [0.25, 0.3) is 0 Å². The third kappa shape index (κ3) is 4.47. The van der Waals surface area contributed by atoms with Gasteiger partial charge in [-0.25, -0.2) is 0 Å². The minimum Gasteiger partial charge on any atom is -0.378 e. The number of ether oxygens (including phenoxy) is 1. The number of hydrogen-bond donors (Lipinski definition) is 1. The smallest absolute Gasteiger partial charge is 0.378 e. The molecule has 17 heavy (non-hydrogen) atoms. The zero-order valence-corrected chi connectivity index (χ0v) is 10.5. The van der Waals surface area contributed by atoms with E-state index in [9.17, 15) is 13.2 Å². The third-order valence-electron chi connectivity index (χ3n) is 3.83. The van der Waals surface area contributed by atoms with Gasteiger partial charge >= 0.3 is 6.18 Å². The van der Waals surface area contributed by atoms with Gasteiger partial charge in [-0.05, 0) is 31.1 Å². The summed E-state index contributed by atoms with van der Waals surface area (Å²) in [6.07, 6.45) is -1.53. The van der Waals surface area contributed by atoms with Crippen LogP contribution in [0.2, 0.25) is 0 Å². The van der Waals surface area contributed by atoms with Gasteiger partial charge < -0.3 is 10.5 Å². The molecule has 1 rings (SSSR count). The molecule has 0 spiro atoms. The topological polar surface area (TPSA) is 35.2 Å². The SMILES string of the molecule is CC1CCC(OCC(CN)C(F)(F)F)CC1C. The van der Waals surface area contributed by atoms with Gasteiger partial charge in [0, 0.05) is 6.54 Å². The Hall–Kier alpha value is -0.290. The molecule has 0 radical (unpaired) electrons. The summed E-state index contributed by atoms with van der Waals surface area (Å²) >= 11 is 0. The summed E-state index contributed by atoms with van der Waals surface area (Å²) in [4.78, 5) is 0. The molecule has 1 aliphatic rings. The number of hydrogen-bond acceptors (Lipinski definition) is 2. The lowest BCUT2D eigenvalue weighted by Gasteiger charge is -2.33. The maximum atomic E-state index is 12.5. The average molecular weight is 253 g/mol. The van der Waals surface area contributed by atoms with Crippen LogP contribution in [-0.4, -0.2) is 25.4 Å². The molecule has 4 unspecified atom stereocenters. The third-order valence-corrected chi connectivity index (χ3v) is 3.83. The number of nitrogens with two attached hydrogens (primary N) is 1. The van der Waals surface area contributed by atoms with Crippen molar-refractivity contribution in [2.45, 2.75) is 45.4 Å². The Morgan fingerprint density at radius 2 is 1.88 bits per heavy atom. The van der Waals surface area contributed by atoms with Crippen molar-refractivity contribution >= 4 is 0 Å². The molecule has 0 bridgehead atoms. The van der Waals surface area contributed by atoms with E-state index in [0.717, 1.165) is 19.3 Å². The largest absolute Gasteiger partial charge is 0.395 e. The summed E-state index contributed by atoms with van der Waals surface area (Å²) in [6, 6.07) is 0. The molecular formula is C12H22F3NO. The van der Waals surface area contributed by atoms with Gasteiger partial charge in [-0.2, -0.15) is 13.2 Å². The van der Waals surface area contributed by atoms with E-state index in [4.69, 9.17) is 10.5 Å². The highest BCUT2D eigenvalue weighted by Gasteiger charge is 2.39. The Labute approximate surface area is 101 Å². The highest BCUT2D eigenvalue weighted by Crippen LogP contribution is 2.32. The van der Waals surface area contributed by atoms with E-state index in [2.05, 4.69) is 13.8 Å². The van der Waals surface area contributed by atoms with Crippen LogP contribution in [0.5, 0.6) is 0 Å². The maximum absolute atomic E-state index is 12.5. The first-order chi connectivity index (χ1) is 7.84. The zero-order chi connectivity index (χ0) is 13.1. The Morgan fingerprint density at radius 1 is 1.24 bits per heavy atom. The predicted molar refractivity (Wildman–Crippen MR) is 60.5 cm³/mol. The average Bonchev–Trinajstić information content (AvgIpc) is 2.22. The summed E-state index contributed by atoms with van der Waals surface area (Å²) < 4.78 is 42.7. The van der Waals surface area contributed by atoms with Gasteiger partial charge in [0.25, 0.3) is 0 Å². The van der Waals surface area contributed by atoms with Crippen molar-refractivity contribution in [3.63, 3.8) is 0 Å². The first-order valence-electron chi connectivity index (χ1n) is 6.23. The van der Waals surface area contributed by atoms with Crippen molar-refractivity contribution in [1.82, 2.24) is 0 Å². The van der Waals surface area contributed by atoms with Crippen LogP contribution >= 0.6 is 0 Å². The highest BCUT2D eigenvalue weighted by molar-refractivity contribution is 4.77. The van der Waals surface area contributed by atoms with Crippen molar-refractivity contribution in [2.75, 3.05) is 13.2 Å². The van der Waals surface area contributed by atoms with Crippen LogP contribution in [0.15, 0.2) is 0 Å². The van der Waals surface area contributed by atoms with E-state index < -0.39 is 18.6 Å². The predicted octanol–water partition coefficient (Wildman–Crippen LogP) is 2.96. The second kappa shape index (κ2) is 6.05. The molecule has 0 saturated heterocycles. The molecule has 102 valence electrons. The molecule has 1 saturated carbocycles. The molecule has 1 aliphatic carbocycles. The maximum Gasteiger partial charge on any atom is 0.395 e. The monoisotopic (exact) mass is 253 g/mol. The van der Waals surface area contributed by atoms with E-state index in [-0.39, 0.29) is 12.7 Å². The summed E-state index contributed by atoms with van der Waals surface area (Å²) in [5, 5.41) is 0. The first kappa shape index (κ1) is 14.8. The summed E-state index contributed by atoms with van der Waals surface area (Å²) in [6.45, 7) is 3.61. The quantitative estimate of drug-likeness (QED) is 0.836. The van der Waals surface area contributed by atoms with Gasteiger partial charge in [0.05, 0.1) is 18.6 Å². The molecule has 0 heterocycles. The molecule has 0 aromatic heterocycles. The fourth-order valence-corrected chi connectivity index (χ4v) is 2.20. The van der Waals surface area contributed by atoms with Crippen LogP contribution in [0.4, 0.5) is 13.2 Å². The van der Waals surface area contributed by atoms with Crippen molar-refractivity contribution in [3.05, 3.63) is 0 Å². The molecule has 4 atom stereocenters. The lowest BCUT2D eigenvalue weighted by molar-refractivity contribution is -0.191. The highest BCUT2D eigenvalue weighted by atomic mass is 19.4. The Morgan fingerprint density at radius 3 is 2.35 bits per heavy atom. The molecule has 0 aromatic carbocycles. The van der Waals surface area contributed by atoms with E-state index >= 15 is 0 Å². The van der Waals surface area contributed by atoms with Gasteiger partial charge in [0.2, 0.25) is 0 Å². The fraction of sp³-hybridized carbons (Fsp3) is 1.00. The van der Waals surface area contributed by atoms with Gasteiger partial charge in [0.15, 0.2) is 0 Å². The molecule has 2 N–H and O–H groups in total. The van der Waals surface area contributed by atoms with E-state index in [0.29, 0.717) is 11.8 Å². The van der Waals surface area contributed by atoms with Crippen molar-refractivity contribution in [1.29, 1.82) is 0 Å². The molecule has 0 aliphatic heterocycles. The van der Waals surface area contributed by atoms with Crippen molar-refractivity contribution in [2.24, 2.45) is 23.5 Å². The Kier molecular flexibility index (Phi) is 5.25. The molecular weight excluding hydrogens is 231 g/mol.